The van der Waals surface area contributed by atoms with E-state index in [0.29, 0.717) is 29.4 Å². The maximum absolute atomic E-state index is 12.5. The molecule has 1 aliphatic rings. The molecule has 0 bridgehead atoms. The third-order valence-corrected chi connectivity index (χ3v) is 5.29. The third-order valence-electron chi connectivity index (χ3n) is 3.76. The van der Waals surface area contributed by atoms with Crippen LogP contribution in [-0.2, 0) is 15.5 Å². The van der Waals surface area contributed by atoms with Crippen LogP contribution in [0.15, 0.2) is 23.4 Å². The first-order valence-electron chi connectivity index (χ1n) is 8.01. The summed E-state index contributed by atoms with van der Waals surface area (Å²) in [5, 5.41) is 9.44. The summed E-state index contributed by atoms with van der Waals surface area (Å²) in [6.07, 6.45) is 2.82. The monoisotopic (exact) mass is 349 g/mol. The van der Waals surface area contributed by atoms with E-state index >= 15 is 0 Å². The number of carbonyl (C=O) groups excluding carboxylic acids is 1. The van der Waals surface area contributed by atoms with E-state index in [1.165, 1.54) is 0 Å². The van der Waals surface area contributed by atoms with Crippen LogP contribution >= 0.6 is 0 Å². The Balaban J connectivity index is 1.88. The molecule has 0 aromatic carbocycles. The molecule has 0 radical (unpaired) electrons. The van der Waals surface area contributed by atoms with Crippen molar-refractivity contribution in [2.75, 3.05) is 18.8 Å². The third kappa shape index (κ3) is 5.03. The zero-order valence-electron chi connectivity index (χ0n) is 14.3. The molecule has 2 heterocycles. The molecule has 1 aliphatic heterocycles. The van der Waals surface area contributed by atoms with Gasteiger partial charge in [0.05, 0.1) is 16.4 Å². The first kappa shape index (κ1) is 18.4. The number of nitrogens with zero attached hydrogens (tertiary/aromatic N) is 3. The van der Waals surface area contributed by atoms with Crippen LogP contribution in [0.1, 0.15) is 39.2 Å². The molecule has 1 atom stereocenters. The first-order chi connectivity index (χ1) is 11.3. The molecule has 1 aromatic heterocycles. The Labute approximate surface area is 145 Å². The first-order valence-corrected chi connectivity index (χ1v) is 9.33. The highest BCUT2D eigenvalue weighted by atomic mass is 32.2. The number of aromatic nitrogens is 1. The Morgan fingerprint density at radius 1 is 1.46 bits per heavy atom. The predicted octanol–water partition coefficient (Wildman–Crippen LogP) is 2.71. The summed E-state index contributed by atoms with van der Waals surface area (Å²) in [6.45, 7) is 6.75. The smallest absolute Gasteiger partial charge is 0.410 e. The number of nitriles is 1. The molecule has 1 saturated heterocycles. The van der Waals surface area contributed by atoms with Gasteiger partial charge in [0.2, 0.25) is 0 Å². The van der Waals surface area contributed by atoms with E-state index in [9.17, 15) is 9.00 Å². The fourth-order valence-electron chi connectivity index (χ4n) is 2.56. The molecule has 2 rings (SSSR count). The Hall–Kier alpha value is -1.94. The maximum atomic E-state index is 12.5. The largest absolute Gasteiger partial charge is 0.444 e. The van der Waals surface area contributed by atoms with E-state index in [4.69, 9.17) is 10.00 Å². The molecule has 1 aromatic rings. The highest BCUT2D eigenvalue weighted by molar-refractivity contribution is 7.85. The number of likely N-dealkylation sites (tertiary alicyclic amines) is 1. The second-order valence-corrected chi connectivity index (χ2v) is 8.30. The molecule has 0 spiro atoms. The molecule has 0 unspecified atom stereocenters. The number of pyridine rings is 1. The van der Waals surface area contributed by atoms with Gasteiger partial charge in [0.15, 0.2) is 0 Å². The zero-order valence-corrected chi connectivity index (χ0v) is 15.1. The number of carbonyl (C=O) groups is 1. The van der Waals surface area contributed by atoms with E-state index in [0.717, 1.165) is 12.8 Å². The fraction of sp³-hybridized carbons (Fsp3) is 0.588. The second kappa shape index (κ2) is 7.75. The van der Waals surface area contributed by atoms with Crippen LogP contribution in [0.5, 0.6) is 0 Å². The number of amides is 1. The minimum Gasteiger partial charge on any atom is -0.444 e. The lowest BCUT2D eigenvalue weighted by atomic mass is 9.99. The number of ether oxygens (including phenoxy) is 1. The summed E-state index contributed by atoms with van der Waals surface area (Å²) in [6, 6.07) is 5.33. The summed E-state index contributed by atoms with van der Waals surface area (Å²) in [4.78, 5) is 17.8. The predicted molar refractivity (Wildman–Crippen MR) is 90.8 cm³/mol. The number of hydrogen-bond acceptors (Lipinski definition) is 5. The van der Waals surface area contributed by atoms with Gasteiger partial charge in [-0.3, -0.25) is 4.21 Å². The number of rotatable bonds is 3. The lowest BCUT2D eigenvalue weighted by Crippen LogP contribution is -2.42. The van der Waals surface area contributed by atoms with Gasteiger partial charge in [-0.25, -0.2) is 9.78 Å². The maximum Gasteiger partial charge on any atom is 0.410 e. The zero-order chi connectivity index (χ0) is 17.7. The SMILES string of the molecule is CC(C)(C)OC(=O)N1CCC(C[S@@](=O)c2ncccc2C#N)CC1. The van der Waals surface area contributed by atoms with E-state index in [1.807, 2.05) is 26.8 Å². The van der Waals surface area contributed by atoms with Crippen molar-refractivity contribution in [2.45, 2.75) is 44.2 Å². The Morgan fingerprint density at radius 2 is 2.12 bits per heavy atom. The second-order valence-electron chi connectivity index (χ2n) is 6.89. The van der Waals surface area contributed by atoms with Crippen molar-refractivity contribution in [3.63, 3.8) is 0 Å². The summed E-state index contributed by atoms with van der Waals surface area (Å²) in [7, 11) is -1.30. The van der Waals surface area contributed by atoms with Crippen LogP contribution in [0.25, 0.3) is 0 Å². The van der Waals surface area contributed by atoms with E-state index in [-0.39, 0.29) is 12.0 Å². The van der Waals surface area contributed by atoms with Crippen molar-refractivity contribution in [1.82, 2.24) is 9.88 Å². The standard InChI is InChI=1S/C17H23N3O3S/c1-17(2,3)23-16(21)20-9-6-13(7-10-20)12-24(22)15-14(11-18)5-4-8-19-15/h4-5,8,13H,6-7,9-10,12H2,1-3H3/t24-/m1/s1. The Morgan fingerprint density at radius 3 is 2.71 bits per heavy atom. The topological polar surface area (TPSA) is 83.3 Å². The van der Waals surface area contributed by atoms with Gasteiger partial charge >= 0.3 is 6.09 Å². The molecule has 6 nitrogen and oxygen atoms in total. The van der Waals surface area contributed by atoms with Crippen LogP contribution in [0, 0.1) is 17.2 Å². The van der Waals surface area contributed by atoms with Gasteiger partial charge < -0.3 is 9.64 Å². The molecule has 130 valence electrons. The van der Waals surface area contributed by atoms with Gasteiger partial charge in [0, 0.05) is 25.0 Å². The highest BCUT2D eigenvalue weighted by Gasteiger charge is 2.28. The molecule has 1 amide bonds. The van der Waals surface area contributed by atoms with Crippen LogP contribution < -0.4 is 0 Å². The summed E-state index contributed by atoms with van der Waals surface area (Å²) >= 11 is 0. The van der Waals surface area contributed by atoms with Crippen LogP contribution in [-0.4, -0.2) is 44.6 Å². The van der Waals surface area contributed by atoms with Gasteiger partial charge in [-0.2, -0.15) is 5.26 Å². The summed E-state index contributed by atoms with van der Waals surface area (Å²) in [5.41, 5.74) is -0.135. The Bertz CT molecular complexity index is 656. The average molecular weight is 349 g/mol. The van der Waals surface area contributed by atoms with Gasteiger partial charge in [-0.1, -0.05) is 0 Å². The van der Waals surface area contributed by atoms with Crippen molar-refractivity contribution >= 4 is 16.9 Å². The van der Waals surface area contributed by atoms with Crippen molar-refractivity contribution in [3.8, 4) is 6.07 Å². The van der Waals surface area contributed by atoms with Crippen LogP contribution in [0.2, 0.25) is 0 Å². The summed E-state index contributed by atoms with van der Waals surface area (Å²) in [5.74, 6) is 0.714. The van der Waals surface area contributed by atoms with Crippen LogP contribution in [0.3, 0.4) is 0 Å². The van der Waals surface area contributed by atoms with Crippen molar-refractivity contribution in [3.05, 3.63) is 23.9 Å². The van der Waals surface area contributed by atoms with Gasteiger partial charge in [-0.05, 0) is 51.7 Å². The number of piperidine rings is 1. The van der Waals surface area contributed by atoms with Gasteiger partial charge in [-0.15, -0.1) is 0 Å². The highest BCUT2D eigenvalue weighted by Crippen LogP contribution is 2.22. The van der Waals surface area contributed by atoms with E-state index in [2.05, 4.69) is 4.98 Å². The molecule has 7 heteroatoms. The van der Waals surface area contributed by atoms with E-state index in [1.54, 1.807) is 23.2 Å². The average Bonchev–Trinajstić information content (AvgIpc) is 2.53. The lowest BCUT2D eigenvalue weighted by Gasteiger charge is -2.33. The van der Waals surface area contributed by atoms with Crippen molar-refractivity contribution < 1.29 is 13.7 Å². The molecule has 0 N–H and O–H groups in total. The minimum atomic E-state index is -1.30. The quantitative estimate of drug-likeness (QED) is 0.838. The Kier molecular flexibility index (Phi) is 5.94. The van der Waals surface area contributed by atoms with E-state index < -0.39 is 16.4 Å². The van der Waals surface area contributed by atoms with Gasteiger partial charge in [0.1, 0.15) is 16.7 Å². The number of hydrogen-bond donors (Lipinski definition) is 0. The van der Waals surface area contributed by atoms with Crippen molar-refractivity contribution in [1.29, 1.82) is 5.26 Å². The van der Waals surface area contributed by atoms with Crippen molar-refractivity contribution in [2.24, 2.45) is 5.92 Å². The van der Waals surface area contributed by atoms with Crippen LogP contribution in [0.4, 0.5) is 4.79 Å². The molecular formula is C17H23N3O3S. The van der Waals surface area contributed by atoms with Gasteiger partial charge in [0.25, 0.3) is 0 Å². The molecule has 1 fully saturated rings. The molecule has 24 heavy (non-hydrogen) atoms. The molecular weight excluding hydrogens is 326 g/mol. The fourth-order valence-corrected chi connectivity index (χ4v) is 4.02. The normalized spacial score (nSPS) is 17.2. The molecule has 0 saturated carbocycles. The summed E-state index contributed by atoms with van der Waals surface area (Å²) < 4.78 is 17.9. The minimum absolute atomic E-state index is 0.248. The molecule has 0 aliphatic carbocycles. The lowest BCUT2D eigenvalue weighted by molar-refractivity contribution is 0.0191.